The molecule has 31 heavy (non-hydrogen) atoms. The molecule has 1 heterocycles. The number of Topliss-reactive ketones (excluding diaryl/α,β-unsaturated/α-hetero) is 1. The first-order chi connectivity index (χ1) is 14.9. The van der Waals surface area contributed by atoms with E-state index in [0.29, 0.717) is 24.4 Å². The Morgan fingerprint density at radius 1 is 1.13 bits per heavy atom. The maximum absolute atomic E-state index is 13.1. The Labute approximate surface area is 191 Å². The lowest BCUT2D eigenvalue weighted by molar-refractivity contribution is -0.140. The first kappa shape index (κ1) is 23.0. The zero-order chi connectivity index (χ0) is 22.5. The predicted octanol–water partition coefficient (Wildman–Crippen LogP) is 4.22. The number of nitrogens with zero attached hydrogens (tertiary/aromatic N) is 2. The van der Waals surface area contributed by atoms with E-state index >= 15 is 0 Å². The molecule has 1 aliphatic rings. The van der Waals surface area contributed by atoms with Crippen molar-refractivity contribution in [3.8, 4) is 5.75 Å². The van der Waals surface area contributed by atoms with Gasteiger partial charge < -0.3 is 19.6 Å². The highest BCUT2D eigenvalue weighted by molar-refractivity contribution is 9.10. The Hall–Kier alpha value is -2.64. The Morgan fingerprint density at radius 2 is 1.81 bits per heavy atom. The molecule has 7 heteroatoms. The molecule has 6 nitrogen and oxygen atoms in total. The monoisotopic (exact) mass is 486 g/mol. The molecular formula is C24H27BrN2O4. The second kappa shape index (κ2) is 10.1. The third-order valence-corrected chi connectivity index (χ3v) is 6.15. The third-order valence-electron chi connectivity index (χ3n) is 5.62. The standard InChI is InChI=1S/C24H27BrN2O4/c1-4-26(5-2)13-14-27-21(16-9-11-18(25)12-10-16)20(23(29)24(27)30)22(28)17-7-6-8-19(15-17)31-3/h6-12,15,21,28H,4-5,13-14H2,1-3H3. The number of ether oxygens (including phenoxy) is 1. The molecule has 1 amide bonds. The number of likely N-dealkylation sites (tertiary alicyclic amines) is 1. The summed E-state index contributed by atoms with van der Waals surface area (Å²) in [5, 5.41) is 11.1. The highest BCUT2D eigenvalue weighted by Crippen LogP contribution is 2.39. The fourth-order valence-corrected chi connectivity index (χ4v) is 4.08. The summed E-state index contributed by atoms with van der Waals surface area (Å²) in [4.78, 5) is 29.8. The van der Waals surface area contributed by atoms with Gasteiger partial charge in [-0.2, -0.15) is 0 Å². The molecule has 1 fully saturated rings. The van der Waals surface area contributed by atoms with Crippen LogP contribution in [-0.4, -0.2) is 59.9 Å². The van der Waals surface area contributed by atoms with Crippen molar-refractivity contribution in [2.45, 2.75) is 19.9 Å². The number of ketones is 1. The number of amides is 1. The van der Waals surface area contributed by atoms with Gasteiger partial charge >= 0.3 is 0 Å². The van der Waals surface area contributed by atoms with Crippen LogP contribution < -0.4 is 4.74 Å². The lowest BCUT2D eigenvalue weighted by atomic mass is 9.95. The highest BCUT2D eigenvalue weighted by atomic mass is 79.9. The second-order valence-corrected chi connectivity index (χ2v) is 8.22. The third kappa shape index (κ3) is 4.83. The fraction of sp³-hybridized carbons (Fsp3) is 0.333. The maximum atomic E-state index is 13.1. The van der Waals surface area contributed by atoms with Crippen molar-refractivity contribution >= 4 is 33.4 Å². The predicted molar refractivity (Wildman–Crippen MR) is 124 cm³/mol. The van der Waals surface area contributed by atoms with Crippen molar-refractivity contribution < 1.29 is 19.4 Å². The number of methoxy groups -OCH3 is 1. The van der Waals surface area contributed by atoms with Gasteiger partial charge in [0, 0.05) is 23.1 Å². The number of hydrogen-bond acceptors (Lipinski definition) is 5. The molecule has 0 spiro atoms. The lowest BCUT2D eigenvalue weighted by Gasteiger charge is -2.28. The molecule has 1 N–H and O–H groups in total. The van der Waals surface area contributed by atoms with Gasteiger partial charge in [-0.15, -0.1) is 0 Å². The zero-order valence-electron chi connectivity index (χ0n) is 18.0. The average molecular weight is 487 g/mol. The highest BCUT2D eigenvalue weighted by Gasteiger charge is 2.45. The van der Waals surface area contributed by atoms with E-state index in [1.165, 1.54) is 7.11 Å². The van der Waals surface area contributed by atoms with Gasteiger partial charge in [0.05, 0.1) is 18.7 Å². The van der Waals surface area contributed by atoms with Crippen LogP contribution in [0.5, 0.6) is 5.75 Å². The van der Waals surface area contributed by atoms with E-state index in [0.717, 1.165) is 23.1 Å². The van der Waals surface area contributed by atoms with Crippen LogP contribution in [0.1, 0.15) is 31.0 Å². The molecule has 0 aliphatic carbocycles. The number of carbonyl (C=O) groups is 2. The van der Waals surface area contributed by atoms with E-state index in [-0.39, 0.29) is 11.3 Å². The number of aliphatic hydroxyl groups excluding tert-OH is 1. The number of likely N-dealkylation sites (N-methyl/N-ethyl adjacent to an activating group) is 1. The van der Waals surface area contributed by atoms with Gasteiger partial charge in [-0.1, -0.05) is 54.0 Å². The van der Waals surface area contributed by atoms with Gasteiger partial charge in [0.15, 0.2) is 0 Å². The summed E-state index contributed by atoms with van der Waals surface area (Å²) >= 11 is 3.43. The summed E-state index contributed by atoms with van der Waals surface area (Å²) < 4.78 is 6.14. The van der Waals surface area contributed by atoms with Crippen LogP contribution in [0.2, 0.25) is 0 Å². The summed E-state index contributed by atoms with van der Waals surface area (Å²) in [5.41, 5.74) is 1.30. The van der Waals surface area contributed by atoms with Crippen LogP contribution in [0.3, 0.4) is 0 Å². The number of hydrogen-bond donors (Lipinski definition) is 1. The summed E-state index contributed by atoms with van der Waals surface area (Å²) in [6, 6.07) is 13.6. The number of aliphatic hydroxyl groups is 1. The van der Waals surface area contributed by atoms with Gasteiger partial charge in [-0.05, 0) is 42.9 Å². The summed E-state index contributed by atoms with van der Waals surface area (Å²) in [7, 11) is 1.53. The van der Waals surface area contributed by atoms with E-state index in [1.54, 1.807) is 29.2 Å². The van der Waals surface area contributed by atoms with Gasteiger partial charge in [-0.3, -0.25) is 9.59 Å². The topological polar surface area (TPSA) is 70.1 Å². The fourth-order valence-electron chi connectivity index (χ4n) is 3.82. The first-order valence-electron chi connectivity index (χ1n) is 10.3. The smallest absolute Gasteiger partial charge is 0.295 e. The quantitative estimate of drug-likeness (QED) is 0.343. The van der Waals surface area contributed by atoms with Crippen LogP contribution in [0.4, 0.5) is 0 Å². The van der Waals surface area contributed by atoms with Gasteiger partial charge in [-0.25, -0.2) is 0 Å². The van der Waals surface area contributed by atoms with Crippen LogP contribution >= 0.6 is 15.9 Å². The average Bonchev–Trinajstić information content (AvgIpc) is 3.04. The maximum Gasteiger partial charge on any atom is 0.295 e. The van der Waals surface area contributed by atoms with E-state index in [4.69, 9.17) is 4.74 Å². The molecule has 0 radical (unpaired) electrons. The molecular weight excluding hydrogens is 460 g/mol. The second-order valence-electron chi connectivity index (χ2n) is 7.30. The molecule has 2 aromatic rings. The van der Waals surface area contributed by atoms with Crippen molar-refractivity contribution in [3.05, 3.63) is 69.7 Å². The summed E-state index contributed by atoms with van der Waals surface area (Å²) in [6.07, 6.45) is 0. The van der Waals surface area contributed by atoms with Crippen LogP contribution in [0.15, 0.2) is 58.6 Å². The van der Waals surface area contributed by atoms with E-state index in [2.05, 4.69) is 34.7 Å². The lowest BCUT2D eigenvalue weighted by Crippen LogP contribution is -2.38. The van der Waals surface area contributed by atoms with Crippen LogP contribution in [-0.2, 0) is 9.59 Å². The normalized spacial score (nSPS) is 18.1. The molecule has 1 unspecified atom stereocenters. The van der Waals surface area contributed by atoms with Gasteiger partial charge in [0.25, 0.3) is 11.7 Å². The van der Waals surface area contributed by atoms with E-state index in [9.17, 15) is 14.7 Å². The molecule has 3 rings (SSSR count). The van der Waals surface area contributed by atoms with Crippen molar-refractivity contribution in [2.24, 2.45) is 0 Å². The van der Waals surface area contributed by atoms with Gasteiger partial charge in [0.1, 0.15) is 11.5 Å². The van der Waals surface area contributed by atoms with E-state index < -0.39 is 17.7 Å². The Bertz CT molecular complexity index is 983. The first-order valence-corrected chi connectivity index (χ1v) is 11.1. The van der Waals surface area contributed by atoms with Crippen LogP contribution in [0, 0.1) is 0 Å². The SMILES string of the molecule is CCN(CC)CCN1C(=O)C(=O)C(=C(O)c2cccc(OC)c2)C1c1ccc(Br)cc1. The number of halogens is 1. The molecule has 1 atom stereocenters. The minimum Gasteiger partial charge on any atom is -0.507 e. The molecule has 1 aliphatic heterocycles. The number of carbonyl (C=O) groups excluding carboxylic acids is 2. The Morgan fingerprint density at radius 3 is 2.42 bits per heavy atom. The molecule has 0 bridgehead atoms. The van der Waals surface area contributed by atoms with Gasteiger partial charge in [0.2, 0.25) is 0 Å². The molecule has 0 aromatic heterocycles. The molecule has 0 saturated carbocycles. The van der Waals surface area contributed by atoms with Crippen molar-refractivity contribution in [2.75, 3.05) is 33.3 Å². The molecule has 164 valence electrons. The minimum atomic E-state index is -0.673. The minimum absolute atomic E-state index is 0.0973. The Kier molecular flexibility index (Phi) is 7.51. The molecule has 2 aromatic carbocycles. The number of benzene rings is 2. The Balaban J connectivity index is 2.10. The zero-order valence-corrected chi connectivity index (χ0v) is 19.6. The van der Waals surface area contributed by atoms with E-state index in [1.807, 2.05) is 24.3 Å². The largest absolute Gasteiger partial charge is 0.507 e. The summed E-state index contributed by atoms with van der Waals surface area (Å²) in [5.74, 6) is -0.909. The van der Waals surface area contributed by atoms with Crippen molar-refractivity contribution in [3.63, 3.8) is 0 Å². The van der Waals surface area contributed by atoms with Crippen molar-refractivity contribution in [1.82, 2.24) is 9.80 Å². The van der Waals surface area contributed by atoms with Crippen molar-refractivity contribution in [1.29, 1.82) is 0 Å². The molecule has 1 saturated heterocycles. The van der Waals surface area contributed by atoms with Crippen LogP contribution in [0.25, 0.3) is 5.76 Å². The summed E-state index contributed by atoms with van der Waals surface area (Å²) in [6.45, 7) is 6.87. The number of rotatable bonds is 8.